The number of carbonyl (C=O) groups is 2. The summed E-state index contributed by atoms with van der Waals surface area (Å²) in [7, 11) is -3.92. The lowest BCUT2D eigenvalue weighted by molar-refractivity contribution is -0.140. The third-order valence-corrected chi connectivity index (χ3v) is 9.49. The lowest BCUT2D eigenvalue weighted by atomic mass is 9.94. The van der Waals surface area contributed by atoms with E-state index in [1.54, 1.807) is 24.3 Å². The van der Waals surface area contributed by atoms with Crippen molar-refractivity contribution in [1.29, 1.82) is 0 Å². The van der Waals surface area contributed by atoms with Crippen molar-refractivity contribution >= 4 is 62.3 Å². The molecule has 0 bridgehead atoms. The van der Waals surface area contributed by atoms with Crippen molar-refractivity contribution < 1.29 is 18.0 Å². The number of rotatable bonds is 11. The van der Waals surface area contributed by atoms with Gasteiger partial charge in [-0.2, -0.15) is 0 Å². The van der Waals surface area contributed by atoms with Crippen LogP contribution in [0.15, 0.2) is 72.8 Å². The molecule has 0 saturated heterocycles. The molecule has 0 unspecified atom stereocenters. The topological polar surface area (TPSA) is 86.8 Å². The van der Waals surface area contributed by atoms with Crippen molar-refractivity contribution in [1.82, 2.24) is 10.2 Å². The van der Waals surface area contributed by atoms with Crippen LogP contribution in [0.5, 0.6) is 0 Å². The highest BCUT2D eigenvalue weighted by Gasteiger charge is 2.34. The zero-order valence-electron chi connectivity index (χ0n) is 23.3. The second-order valence-corrected chi connectivity index (χ2v) is 13.7. The maximum atomic E-state index is 14.2. The molecule has 0 radical (unpaired) electrons. The number of amides is 2. The van der Waals surface area contributed by atoms with E-state index in [-0.39, 0.29) is 40.6 Å². The minimum absolute atomic E-state index is 0.0285. The SMILES string of the molecule is CS(=O)(=O)N(CC(=O)N(Cc1ccc(Cl)cc1)[C@H](Cc1ccccc1)C(=O)NC1CCCCC1)c1ccc(Cl)c(Cl)c1. The number of nitrogens with one attached hydrogen (secondary N) is 1. The van der Waals surface area contributed by atoms with E-state index in [2.05, 4.69) is 5.32 Å². The number of sulfonamides is 1. The summed E-state index contributed by atoms with van der Waals surface area (Å²) in [4.78, 5) is 29.6. The molecule has 1 saturated carbocycles. The van der Waals surface area contributed by atoms with E-state index in [0.717, 1.165) is 53.8 Å². The summed E-state index contributed by atoms with van der Waals surface area (Å²) >= 11 is 18.4. The molecule has 0 spiro atoms. The smallest absolute Gasteiger partial charge is 0.244 e. The summed E-state index contributed by atoms with van der Waals surface area (Å²) in [5, 5.41) is 4.13. The third kappa shape index (κ3) is 8.86. The fourth-order valence-electron chi connectivity index (χ4n) is 5.14. The predicted molar refractivity (Wildman–Crippen MR) is 170 cm³/mol. The van der Waals surface area contributed by atoms with Gasteiger partial charge in [-0.1, -0.05) is 96.5 Å². The average Bonchev–Trinajstić information content (AvgIpc) is 2.96. The minimum Gasteiger partial charge on any atom is -0.352 e. The zero-order valence-corrected chi connectivity index (χ0v) is 26.4. The Hall–Kier alpha value is -2.78. The zero-order chi connectivity index (χ0) is 30.3. The molecule has 11 heteroatoms. The van der Waals surface area contributed by atoms with Gasteiger partial charge in [0.25, 0.3) is 0 Å². The molecule has 0 aliphatic heterocycles. The summed E-state index contributed by atoms with van der Waals surface area (Å²) in [5.74, 6) is -0.810. The van der Waals surface area contributed by atoms with Crippen LogP contribution in [0.1, 0.15) is 43.2 Å². The molecule has 0 heterocycles. The second kappa shape index (κ2) is 14.6. The van der Waals surface area contributed by atoms with E-state index in [1.807, 2.05) is 30.3 Å². The van der Waals surface area contributed by atoms with Gasteiger partial charge in [-0.05, 0) is 54.3 Å². The number of hydrogen-bond acceptors (Lipinski definition) is 4. The molecule has 1 atom stereocenters. The van der Waals surface area contributed by atoms with Crippen LogP contribution < -0.4 is 9.62 Å². The van der Waals surface area contributed by atoms with Gasteiger partial charge in [-0.25, -0.2) is 8.42 Å². The van der Waals surface area contributed by atoms with Crippen LogP contribution in [0.25, 0.3) is 0 Å². The molecule has 3 aromatic carbocycles. The predicted octanol–water partition coefficient (Wildman–Crippen LogP) is 6.50. The maximum Gasteiger partial charge on any atom is 0.244 e. The molecule has 4 rings (SSSR count). The van der Waals surface area contributed by atoms with Gasteiger partial charge in [0.05, 0.1) is 22.0 Å². The van der Waals surface area contributed by atoms with Gasteiger partial charge in [0, 0.05) is 24.0 Å². The number of anilines is 1. The van der Waals surface area contributed by atoms with Gasteiger partial charge in [0.1, 0.15) is 12.6 Å². The van der Waals surface area contributed by atoms with E-state index in [1.165, 1.54) is 23.1 Å². The molecule has 7 nitrogen and oxygen atoms in total. The summed E-state index contributed by atoms with van der Waals surface area (Å²) in [6.07, 6.45) is 6.25. The highest BCUT2D eigenvalue weighted by molar-refractivity contribution is 7.92. The van der Waals surface area contributed by atoms with Gasteiger partial charge in [-0.15, -0.1) is 0 Å². The number of benzene rings is 3. The van der Waals surface area contributed by atoms with Crippen LogP contribution in [0, 0.1) is 0 Å². The number of halogens is 3. The van der Waals surface area contributed by atoms with Gasteiger partial charge < -0.3 is 10.2 Å². The molecule has 224 valence electrons. The van der Waals surface area contributed by atoms with Crippen LogP contribution >= 0.6 is 34.8 Å². The highest BCUT2D eigenvalue weighted by atomic mass is 35.5. The highest BCUT2D eigenvalue weighted by Crippen LogP contribution is 2.29. The van der Waals surface area contributed by atoms with E-state index in [0.29, 0.717) is 5.02 Å². The quantitative estimate of drug-likeness (QED) is 0.257. The molecule has 1 aliphatic rings. The van der Waals surface area contributed by atoms with Gasteiger partial charge in [-0.3, -0.25) is 13.9 Å². The standard InChI is InChI=1S/C31H34Cl3N3O4S/c1-42(40,41)37(26-16-17-27(33)28(34)19-26)21-30(38)36(20-23-12-14-24(32)15-13-23)29(18-22-8-4-2-5-9-22)31(39)35-25-10-6-3-7-11-25/h2,4-5,8-9,12-17,19,25,29H,3,6-7,10-11,18,20-21H2,1H3,(H,35,39)/t29-/m1/s1. The van der Waals surface area contributed by atoms with Crippen molar-refractivity contribution in [2.45, 2.75) is 57.2 Å². The van der Waals surface area contributed by atoms with Crippen molar-refractivity contribution in [2.75, 3.05) is 17.1 Å². The molecule has 2 amide bonds. The average molecular weight is 651 g/mol. The van der Waals surface area contributed by atoms with Crippen LogP contribution in [-0.2, 0) is 32.6 Å². The Labute approximate surface area is 262 Å². The summed E-state index contributed by atoms with van der Waals surface area (Å²) in [5.41, 5.74) is 1.81. The van der Waals surface area contributed by atoms with Crippen LogP contribution in [0.2, 0.25) is 15.1 Å². The molecular weight excluding hydrogens is 617 g/mol. The molecule has 1 fully saturated rings. The monoisotopic (exact) mass is 649 g/mol. The van der Waals surface area contributed by atoms with Gasteiger partial charge in [0.2, 0.25) is 21.8 Å². The van der Waals surface area contributed by atoms with Crippen molar-refractivity contribution in [3.63, 3.8) is 0 Å². The molecule has 0 aromatic heterocycles. The largest absolute Gasteiger partial charge is 0.352 e. The Morgan fingerprint density at radius 1 is 0.881 bits per heavy atom. The van der Waals surface area contributed by atoms with Crippen molar-refractivity contribution in [3.05, 3.63) is 99.0 Å². The molecule has 3 aromatic rings. The first-order chi connectivity index (χ1) is 20.0. The Balaban J connectivity index is 1.72. The normalized spacial score (nSPS) is 14.7. The lowest BCUT2D eigenvalue weighted by Crippen LogP contribution is -2.55. The Morgan fingerprint density at radius 3 is 2.17 bits per heavy atom. The fraction of sp³-hybridized carbons (Fsp3) is 0.355. The Morgan fingerprint density at radius 2 is 1.55 bits per heavy atom. The van der Waals surface area contributed by atoms with Crippen molar-refractivity contribution in [2.24, 2.45) is 0 Å². The first-order valence-electron chi connectivity index (χ1n) is 13.8. The fourth-order valence-corrected chi connectivity index (χ4v) is 6.40. The summed E-state index contributed by atoms with van der Waals surface area (Å²) < 4.78 is 26.8. The van der Waals surface area contributed by atoms with E-state index in [9.17, 15) is 18.0 Å². The first-order valence-corrected chi connectivity index (χ1v) is 16.8. The first kappa shape index (κ1) is 32.1. The minimum atomic E-state index is -3.92. The molecule has 1 N–H and O–H groups in total. The van der Waals surface area contributed by atoms with Gasteiger partial charge >= 0.3 is 0 Å². The van der Waals surface area contributed by atoms with Gasteiger partial charge in [0.15, 0.2) is 0 Å². The Kier molecular flexibility index (Phi) is 11.2. The maximum absolute atomic E-state index is 14.2. The van der Waals surface area contributed by atoms with Crippen LogP contribution in [0.3, 0.4) is 0 Å². The van der Waals surface area contributed by atoms with Crippen molar-refractivity contribution in [3.8, 4) is 0 Å². The van der Waals surface area contributed by atoms with Crippen LogP contribution in [-0.4, -0.2) is 50.0 Å². The molecule has 42 heavy (non-hydrogen) atoms. The summed E-state index contributed by atoms with van der Waals surface area (Å²) in [6.45, 7) is -0.461. The van der Waals surface area contributed by atoms with Crippen LogP contribution in [0.4, 0.5) is 5.69 Å². The van der Waals surface area contributed by atoms with E-state index >= 15 is 0 Å². The van der Waals surface area contributed by atoms with E-state index < -0.39 is 28.5 Å². The second-order valence-electron chi connectivity index (χ2n) is 10.6. The lowest BCUT2D eigenvalue weighted by Gasteiger charge is -2.35. The Bertz CT molecular complexity index is 1480. The number of carbonyl (C=O) groups excluding carboxylic acids is 2. The van der Waals surface area contributed by atoms with E-state index in [4.69, 9.17) is 34.8 Å². The number of nitrogens with zero attached hydrogens (tertiary/aromatic N) is 2. The summed E-state index contributed by atoms with van der Waals surface area (Å²) in [6, 6.07) is 20.0. The third-order valence-electron chi connectivity index (χ3n) is 7.36. The molecule has 1 aliphatic carbocycles. The molecular formula is C31H34Cl3N3O4S. The number of hydrogen-bond donors (Lipinski definition) is 1.